The summed E-state index contributed by atoms with van der Waals surface area (Å²) in [7, 11) is 1.52. The van der Waals surface area contributed by atoms with Crippen molar-refractivity contribution >= 4 is 29.3 Å². The van der Waals surface area contributed by atoms with Crippen molar-refractivity contribution in [1.82, 2.24) is 4.90 Å². The minimum Gasteiger partial charge on any atom is -0.487 e. The van der Waals surface area contributed by atoms with Crippen LogP contribution in [-0.4, -0.2) is 41.7 Å². The second-order valence-corrected chi connectivity index (χ2v) is 5.19. The molecule has 0 saturated carbocycles. The highest BCUT2D eigenvalue weighted by Crippen LogP contribution is 2.33. The number of carbonyl (C=O) groups is 2. The van der Waals surface area contributed by atoms with E-state index in [4.69, 9.17) is 21.4 Å². The van der Waals surface area contributed by atoms with Crippen molar-refractivity contribution in [2.75, 3.05) is 18.9 Å². The number of ether oxygens (including phenoxy) is 1. The maximum Gasteiger partial charge on any atom is 0.321 e. The van der Waals surface area contributed by atoms with E-state index in [9.17, 15) is 9.59 Å². The van der Waals surface area contributed by atoms with Gasteiger partial charge in [-0.2, -0.15) is 0 Å². The van der Waals surface area contributed by atoms with Gasteiger partial charge in [0, 0.05) is 13.6 Å². The molecule has 0 aliphatic heterocycles. The van der Waals surface area contributed by atoms with Crippen LogP contribution in [0.1, 0.15) is 20.3 Å². The van der Waals surface area contributed by atoms with Crippen LogP contribution in [0.3, 0.4) is 0 Å². The molecule has 1 rings (SSSR count). The Morgan fingerprint density at radius 2 is 2.10 bits per heavy atom. The van der Waals surface area contributed by atoms with Crippen molar-refractivity contribution < 1.29 is 19.4 Å². The van der Waals surface area contributed by atoms with Crippen LogP contribution in [-0.2, 0) is 4.79 Å². The molecule has 0 fully saturated rings. The number of carboxylic acid groups (broad SMARTS) is 1. The van der Waals surface area contributed by atoms with Gasteiger partial charge in [-0.15, -0.1) is 0 Å². The Balaban J connectivity index is 2.80. The zero-order valence-electron chi connectivity index (χ0n) is 12.2. The number of hydrogen-bond acceptors (Lipinski definition) is 3. The van der Waals surface area contributed by atoms with Gasteiger partial charge in [0.25, 0.3) is 0 Å². The molecule has 7 heteroatoms. The molecule has 0 heterocycles. The molecule has 0 unspecified atom stereocenters. The van der Waals surface area contributed by atoms with Crippen molar-refractivity contribution in [2.45, 2.75) is 26.4 Å². The number of benzene rings is 1. The molecule has 0 aliphatic rings. The van der Waals surface area contributed by atoms with E-state index in [1.165, 1.54) is 11.9 Å². The van der Waals surface area contributed by atoms with Crippen LogP contribution in [0.5, 0.6) is 5.75 Å². The fourth-order valence-corrected chi connectivity index (χ4v) is 1.76. The molecule has 0 radical (unpaired) electrons. The van der Waals surface area contributed by atoms with Gasteiger partial charge in [0.2, 0.25) is 0 Å². The molecule has 21 heavy (non-hydrogen) atoms. The lowest BCUT2D eigenvalue weighted by Crippen LogP contribution is -2.33. The topological polar surface area (TPSA) is 78.9 Å². The molecule has 0 aliphatic carbocycles. The van der Waals surface area contributed by atoms with Crippen LogP contribution in [0, 0.1) is 0 Å². The molecule has 0 bridgehead atoms. The normalized spacial score (nSPS) is 10.3. The molecule has 6 nitrogen and oxygen atoms in total. The highest BCUT2D eigenvalue weighted by Gasteiger charge is 2.15. The Labute approximate surface area is 128 Å². The van der Waals surface area contributed by atoms with Crippen molar-refractivity contribution in [3.8, 4) is 5.75 Å². The summed E-state index contributed by atoms with van der Waals surface area (Å²) in [5.41, 5.74) is 0.448. The number of aliphatic carboxylic acids is 1. The Morgan fingerprint density at radius 3 is 2.67 bits per heavy atom. The molecular formula is C14H19ClN2O4. The van der Waals surface area contributed by atoms with Gasteiger partial charge in [-0.3, -0.25) is 4.79 Å². The number of carboxylic acids is 1. The average molecular weight is 315 g/mol. The molecule has 0 atom stereocenters. The summed E-state index contributed by atoms with van der Waals surface area (Å²) < 4.78 is 5.60. The van der Waals surface area contributed by atoms with Crippen molar-refractivity contribution in [2.24, 2.45) is 0 Å². The van der Waals surface area contributed by atoms with Gasteiger partial charge in [0.1, 0.15) is 0 Å². The summed E-state index contributed by atoms with van der Waals surface area (Å²) in [6.07, 6.45) is -0.209. The van der Waals surface area contributed by atoms with E-state index in [1.54, 1.807) is 18.2 Å². The van der Waals surface area contributed by atoms with Crippen LogP contribution < -0.4 is 10.1 Å². The molecule has 0 spiro atoms. The first-order valence-electron chi connectivity index (χ1n) is 6.50. The monoisotopic (exact) mass is 314 g/mol. The Bertz CT molecular complexity index is 520. The summed E-state index contributed by atoms with van der Waals surface area (Å²) in [6.45, 7) is 3.82. The predicted octanol–water partition coefficient (Wildman–Crippen LogP) is 3.07. The van der Waals surface area contributed by atoms with Crippen molar-refractivity contribution in [3.05, 3.63) is 23.2 Å². The van der Waals surface area contributed by atoms with Crippen LogP contribution in [0.15, 0.2) is 18.2 Å². The van der Waals surface area contributed by atoms with Gasteiger partial charge >= 0.3 is 12.0 Å². The minimum absolute atomic E-state index is 0.0923. The Kier molecular flexibility index (Phi) is 6.30. The Hall–Kier alpha value is -1.95. The third kappa shape index (κ3) is 5.51. The highest BCUT2D eigenvalue weighted by molar-refractivity contribution is 6.32. The average Bonchev–Trinajstić information content (AvgIpc) is 2.39. The molecule has 0 saturated heterocycles. The number of amides is 2. The zero-order chi connectivity index (χ0) is 16.0. The number of rotatable bonds is 6. The number of anilines is 1. The summed E-state index contributed by atoms with van der Waals surface area (Å²) in [5.74, 6) is -0.560. The van der Waals surface area contributed by atoms with Gasteiger partial charge in [-0.05, 0) is 26.0 Å². The van der Waals surface area contributed by atoms with Gasteiger partial charge in [-0.1, -0.05) is 17.7 Å². The first-order valence-corrected chi connectivity index (χ1v) is 6.88. The summed E-state index contributed by atoms with van der Waals surface area (Å²) >= 11 is 6.07. The van der Waals surface area contributed by atoms with E-state index < -0.39 is 12.0 Å². The molecule has 2 amide bonds. The highest BCUT2D eigenvalue weighted by atomic mass is 35.5. The van der Waals surface area contributed by atoms with E-state index in [2.05, 4.69) is 5.32 Å². The largest absolute Gasteiger partial charge is 0.487 e. The lowest BCUT2D eigenvalue weighted by molar-refractivity contribution is -0.137. The van der Waals surface area contributed by atoms with Gasteiger partial charge in [0.05, 0.1) is 23.2 Å². The van der Waals surface area contributed by atoms with E-state index >= 15 is 0 Å². The number of urea groups is 1. The second kappa shape index (κ2) is 7.73. The molecule has 0 aromatic heterocycles. The number of nitrogens with zero attached hydrogens (tertiary/aromatic N) is 1. The third-order valence-electron chi connectivity index (χ3n) is 2.57. The van der Waals surface area contributed by atoms with Crippen LogP contribution in [0.2, 0.25) is 5.02 Å². The van der Waals surface area contributed by atoms with Crippen molar-refractivity contribution in [1.29, 1.82) is 0 Å². The summed E-state index contributed by atoms with van der Waals surface area (Å²) in [4.78, 5) is 23.8. The predicted molar refractivity (Wildman–Crippen MR) is 81.1 cm³/mol. The van der Waals surface area contributed by atoms with Gasteiger partial charge in [0.15, 0.2) is 5.75 Å². The first-order chi connectivity index (χ1) is 9.81. The SMILES string of the molecule is CC(C)Oc1c(Cl)cccc1NC(=O)N(C)CCC(=O)O. The lowest BCUT2D eigenvalue weighted by atomic mass is 10.3. The molecule has 116 valence electrons. The second-order valence-electron chi connectivity index (χ2n) is 4.78. The van der Waals surface area contributed by atoms with Crippen molar-refractivity contribution in [3.63, 3.8) is 0 Å². The number of hydrogen-bond donors (Lipinski definition) is 2. The Morgan fingerprint density at radius 1 is 1.43 bits per heavy atom. The number of para-hydroxylation sites is 1. The third-order valence-corrected chi connectivity index (χ3v) is 2.87. The maximum absolute atomic E-state index is 12.0. The van der Waals surface area contributed by atoms with Gasteiger partial charge < -0.3 is 20.1 Å². The van der Waals surface area contributed by atoms with E-state index in [-0.39, 0.29) is 19.1 Å². The van der Waals surface area contributed by atoms with E-state index in [0.717, 1.165) is 0 Å². The lowest BCUT2D eigenvalue weighted by Gasteiger charge is -2.20. The quantitative estimate of drug-likeness (QED) is 0.845. The fraction of sp³-hybridized carbons (Fsp3) is 0.429. The number of halogens is 1. The number of carbonyl (C=O) groups excluding carboxylic acids is 1. The van der Waals surface area contributed by atoms with Crippen LogP contribution in [0.4, 0.5) is 10.5 Å². The summed E-state index contributed by atoms with van der Waals surface area (Å²) in [5, 5.41) is 11.7. The van der Waals surface area contributed by atoms with E-state index in [1.807, 2.05) is 13.8 Å². The number of nitrogens with one attached hydrogen (secondary N) is 1. The zero-order valence-corrected chi connectivity index (χ0v) is 13.0. The fourth-order valence-electron chi connectivity index (χ4n) is 1.54. The minimum atomic E-state index is -0.957. The standard InChI is InChI=1S/C14H19ClN2O4/c1-9(2)21-13-10(15)5-4-6-11(13)16-14(20)17(3)8-7-12(18)19/h4-6,9H,7-8H2,1-3H3,(H,16,20)(H,18,19). The molecule has 1 aromatic rings. The van der Waals surface area contributed by atoms with Gasteiger partial charge in [-0.25, -0.2) is 4.79 Å². The van der Waals surface area contributed by atoms with Crippen LogP contribution in [0.25, 0.3) is 0 Å². The molecular weight excluding hydrogens is 296 g/mol. The maximum atomic E-state index is 12.0. The smallest absolute Gasteiger partial charge is 0.321 e. The first kappa shape index (κ1) is 17.1. The van der Waals surface area contributed by atoms with Crippen LogP contribution >= 0.6 is 11.6 Å². The summed E-state index contributed by atoms with van der Waals surface area (Å²) in [6, 6.07) is 4.62. The van der Waals surface area contributed by atoms with E-state index in [0.29, 0.717) is 16.5 Å². The molecule has 2 N–H and O–H groups in total. The molecule has 1 aromatic carbocycles.